The number of hydrogen-bond acceptors (Lipinski definition) is 4. The van der Waals surface area contributed by atoms with Crippen molar-refractivity contribution in [2.24, 2.45) is 0 Å². The maximum atomic E-state index is 14.0. The Bertz CT molecular complexity index is 602. The maximum Gasteiger partial charge on any atom is 0.188 e. The quantitative estimate of drug-likeness (QED) is 0.441. The average Bonchev–Trinajstić information content (AvgIpc) is 2.53. The molecule has 0 saturated carbocycles. The molecule has 0 aromatic heterocycles. The fourth-order valence-electron chi connectivity index (χ4n) is 1.81. The average molecular weight is 306 g/mol. The number of carbonyl (C=O) groups is 1. The zero-order chi connectivity index (χ0) is 15.1. The van der Waals surface area contributed by atoms with Gasteiger partial charge in [0.15, 0.2) is 13.1 Å². The molecule has 0 amide bonds. The van der Waals surface area contributed by atoms with Crippen LogP contribution in [0, 0.1) is 5.82 Å². The molecule has 0 unspecified atom stereocenters. The van der Waals surface area contributed by atoms with Crippen molar-refractivity contribution < 1.29 is 18.7 Å². The first-order valence-corrected chi connectivity index (χ1v) is 7.31. The van der Waals surface area contributed by atoms with E-state index in [-0.39, 0.29) is 12.4 Å². The lowest BCUT2D eigenvalue weighted by molar-refractivity contribution is 0.0504. The Hall–Kier alpha value is -1.85. The summed E-state index contributed by atoms with van der Waals surface area (Å²) in [5.74, 6) is 0.274. The molecule has 0 bridgehead atoms. The molecule has 0 N–H and O–H groups in total. The molecule has 0 fully saturated rings. The molecule has 0 heterocycles. The molecule has 0 spiro atoms. The highest BCUT2D eigenvalue weighted by molar-refractivity contribution is 7.98. The van der Waals surface area contributed by atoms with Crippen LogP contribution in [0.15, 0.2) is 47.4 Å². The number of ether oxygens (including phenoxy) is 2. The highest BCUT2D eigenvalue weighted by atomic mass is 32.2. The number of benzene rings is 2. The minimum Gasteiger partial charge on any atom is -0.467 e. The van der Waals surface area contributed by atoms with E-state index in [4.69, 9.17) is 9.47 Å². The third kappa shape index (κ3) is 4.06. The molecular formula is C16H15FO3S. The lowest BCUT2D eigenvalue weighted by Gasteiger charge is -2.12. The fraction of sp³-hybridized carbons (Fsp3) is 0.188. The van der Waals surface area contributed by atoms with Gasteiger partial charge in [0.05, 0.1) is 5.56 Å². The number of aldehydes is 1. The first-order valence-electron chi connectivity index (χ1n) is 6.32. The summed E-state index contributed by atoms with van der Waals surface area (Å²) in [4.78, 5) is 12.3. The van der Waals surface area contributed by atoms with Gasteiger partial charge in [0.1, 0.15) is 11.6 Å². The number of rotatable bonds is 7. The third-order valence-corrected chi connectivity index (χ3v) is 3.87. The SMILES string of the molecule is COCOc1ccc(F)c(CSc2ccccc2)c1C=O. The molecule has 0 aliphatic carbocycles. The van der Waals surface area contributed by atoms with Crippen molar-refractivity contribution in [1.29, 1.82) is 0 Å². The Labute approximate surface area is 127 Å². The topological polar surface area (TPSA) is 35.5 Å². The van der Waals surface area contributed by atoms with E-state index in [9.17, 15) is 9.18 Å². The molecule has 0 aliphatic heterocycles. The van der Waals surface area contributed by atoms with Crippen molar-refractivity contribution in [3.8, 4) is 5.75 Å². The predicted octanol–water partition coefficient (Wildman–Crippen LogP) is 3.91. The molecule has 21 heavy (non-hydrogen) atoms. The Morgan fingerprint density at radius 1 is 1.19 bits per heavy atom. The second-order valence-electron chi connectivity index (χ2n) is 4.21. The van der Waals surface area contributed by atoms with E-state index in [0.717, 1.165) is 4.90 Å². The largest absolute Gasteiger partial charge is 0.467 e. The number of halogens is 1. The van der Waals surface area contributed by atoms with Crippen LogP contribution in [0.3, 0.4) is 0 Å². The van der Waals surface area contributed by atoms with Gasteiger partial charge in [-0.3, -0.25) is 4.79 Å². The van der Waals surface area contributed by atoms with Crippen molar-refractivity contribution in [2.45, 2.75) is 10.6 Å². The molecule has 2 rings (SSSR count). The second-order valence-corrected chi connectivity index (χ2v) is 5.26. The van der Waals surface area contributed by atoms with Gasteiger partial charge in [-0.05, 0) is 24.3 Å². The summed E-state index contributed by atoms with van der Waals surface area (Å²) in [5.41, 5.74) is 0.572. The molecule has 2 aromatic carbocycles. The number of carbonyl (C=O) groups excluding carboxylic acids is 1. The summed E-state index contributed by atoms with van der Waals surface area (Å²) in [7, 11) is 1.48. The number of thioether (sulfide) groups is 1. The van der Waals surface area contributed by atoms with Gasteiger partial charge in [0, 0.05) is 23.3 Å². The zero-order valence-corrected chi connectivity index (χ0v) is 12.4. The Morgan fingerprint density at radius 2 is 1.95 bits per heavy atom. The van der Waals surface area contributed by atoms with E-state index in [1.165, 1.54) is 31.0 Å². The van der Waals surface area contributed by atoms with E-state index in [2.05, 4.69) is 0 Å². The standard InChI is InChI=1S/C16H15FO3S/c1-19-11-20-16-8-7-15(17)14(13(16)9-18)10-21-12-5-3-2-4-6-12/h2-9H,10-11H2,1H3. The minimum atomic E-state index is -0.412. The van der Waals surface area contributed by atoms with Gasteiger partial charge in [-0.25, -0.2) is 4.39 Å². The summed E-state index contributed by atoms with van der Waals surface area (Å²) in [6, 6.07) is 12.4. The van der Waals surface area contributed by atoms with Gasteiger partial charge < -0.3 is 9.47 Å². The summed E-state index contributed by atoms with van der Waals surface area (Å²) in [6.07, 6.45) is 0.620. The molecule has 0 radical (unpaired) electrons. The third-order valence-electron chi connectivity index (χ3n) is 2.84. The molecule has 3 nitrogen and oxygen atoms in total. The van der Waals surface area contributed by atoms with Gasteiger partial charge in [0.2, 0.25) is 0 Å². The smallest absolute Gasteiger partial charge is 0.188 e. The van der Waals surface area contributed by atoms with Crippen LogP contribution in [-0.2, 0) is 10.5 Å². The number of methoxy groups -OCH3 is 1. The van der Waals surface area contributed by atoms with Crippen LogP contribution < -0.4 is 4.74 Å². The van der Waals surface area contributed by atoms with Gasteiger partial charge in [0.25, 0.3) is 0 Å². The lowest BCUT2D eigenvalue weighted by atomic mass is 10.1. The highest BCUT2D eigenvalue weighted by Crippen LogP contribution is 2.30. The molecule has 2 aromatic rings. The van der Waals surface area contributed by atoms with Crippen LogP contribution in [0.5, 0.6) is 5.75 Å². The molecule has 0 atom stereocenters. The van der Waals surface area contributed by atoms with E-state index >= 15 is 0 Å². The summed E-state index contributed by atoms with van der Waals surface area (Å²) in [6.45, 7) is 0.0116. The van der Waals surface area contributed by atoms with Crippen molar-refractivity contribution in [2.75, 3.05) is 13.9 Å². The van der Waals surface area contributed by atoms with Crippen molar-refractivity contribution in [1.82, 2.24) is 0 Å². The molecule has 5 heteroatoms. The van der Waals surface area contributed by atoms with Crippen molar-refractivity contribution >= 4 is 18.0 Å². The monoisotopic (exact) mass is 306 g/mol. The maximum absolute atomic E-state index is 14.0. The van der Waals surface area contributed by atoms with Crippen LogP contribution in [0.25, 0.3) is 0 Å². The Kier molecular flexibility index (Phi) is 5.78. The van der Waals surface area contributed by atoms with Gasteiger partial charge in [-0.1, -0.05) is 18.2 Å². The summed E-state index contributed by atoms with van der Waals surface area (Å²) >= 11 is 1.46. The molecule has 0 saturated heterocycles. The second kappa shape index (κ2) is 7.81. The van der Waals surface area contributed by atoms with Crippen LogP contribution in [0.2, 0.25) is 0 Å². The van der Waals surface area contributed by atoms with E-state index in [1.54, 1.807) is 0 Å². The van der Waals surface area contributed by atoms with E-state index in [0.29, 0.717) is 23.4 Å². The highest BCUT2D eigenvalue weighted by Gasteiger charge is 2.14. The lowest BCUT2D eigenvalue weighted by Crippen LogP contribution is -2.05. The minimum absolute atomic E-state index is 0.0116. The van der Waals surface area contributed by atoms with Gasteiger partial charge in [-0.15, -0.1) is 11.8 Å². The summed E-state index contributed by atoms with van der Waals surface area (Å²) in [5, 5.41) is 0. The van der Waals surface area contributed by atoms with E-state index < -0.39 is 5.82 Å². The van der Waals surface area contributed by atoms with Crippen LogP contribution in [0.1, 0.15) is 15.9 Å². The fourth-order valence-corrected chi connectivity index (χ4v) is 2.77. The normalized spacial score (nSPS) is 10.4. The Balaban J connectivity index is 2.22. The molecule has 110 valence electrons. The number of hydrogen-bond donors (Lipinski definition) is 0. The predicted molar refractivity (Wildman–Crippen MR) is 80.3 cm³/mol. The van der Waals surface area contributed by atoms with Crippen LogP contribution >= 0.6 is 11.8 Å². The van der Waals surface area contributed by atoms with Crippen LogP contribution in [0.4, 0.5) is 4.39 Å². The van der Waals surface area contributed by atoms with Crippen LogP contribution in [-0.4, -0.2) is 20.2 Å². The van der Waals surface area contributed by atoms with Gasteiger partial charge in [-0.2, -0.15) is 0 Å². The summed E-state index contributed by atoms with van der Waals surface area (Å²) < 4.78 is 24.1. The molecule has 0 aliphatic rings. The Morgan fingerprint density at radius 3 is 2.62 bits per heavy atom. The van der Waals surface area contributed by atoms with Crippen molar-refractivity contribution in [3.63, 3.8) is 0 Å². The van der Waals surface area contributed by atoms with Gasteiger partial charge >= 0.3 is 0 Å². The van der Waals surface area contributed by atoms with Crippen molar-refractivity contribution in [3.05, 3.63) is 59.4 Å². The first kappa shape index (κ1) is 15.5. The van der Waals surface area contributed by atoms with E-state index in [1.807, 2.05) is 30.3 Å². The zero-order valence-electron chi connectivity index (χ0n) is 11.5. The molecular weight excluding hydrogens is 291 g/mol. The first-order chi connectivity index (χ1) is 10.3.